The van der Waals surface area contributed by atoms with Gasteiger partial charge < -0.3 is 0 Å². The summed E-state index contributed by atoms with van der Waals surface area (Å²) in [7, 11) is 0. The molecule has 2 aromatic heterocycles. The molecule has 0 bridgehead atoms. The van der Waals surface area contributed by atoms with E-state index in [1.165, 1.54) is 0 Å². The normalized spacial score (nSPS) is 12.7. The Kier molecular flexibility index (Phi) is 7.36. The molecule has 9 rings (SSSR count). The lowest BCUT2D eigenvalue weighted by Gasteiger charge is -2.15. The smallest absolute Gasteiger partial charge is 0.228 e. The third-order valence-corrected chi connectivity index (χ3v) is 9.25. The van der Waals surface area contributed by atoms with Gasteiger partial charge in [0, 0.05) is 44.5 Å². The minimum absolute atomic E-state index is 0.0581. The van der Waals surface area contributed by atoms with E-state index in [2.05, 4.69) is 0 Å². The number of alkyl halides is 2. The molecule has 0 unspecified atom stereocenters. The number of hydrogen-bond acceptors (Lipinski definition) is 4. The number of hydrogen-bond donors (Lipinski definition) is 0. The summed E-state index contributed by atoms with van der Waals surface area (Å²) in [4.78, 5) is 19.5. The number of aromatic nitrogens is 4. The first kappa shape index (κ1) is 30.4. The van der Waals surface area contributed by atoms with Gasteiger partial charge in [0.1, 0.15) is 0 Å². The molecule has 0 aliphatic heterocycles. The van der Waals surface area contributed by atoms with Crippen LogP contribution in [-0.2, 0) is 5.92 Å². The van der Waals surface area contributed by atoms with Gasteiger partial charge in [-0.2, -0.15) is 8.78 Å². The molecule has 0 atom stereocenters. The second kappa shape index (κ2) is 12.3. The van der Waals surface area contributed by atoms with E-state index in [4.69, 9.17) is 19.9 Å². The van der Waals surface area contributed by atoms with Gasteiger partial charge in [0.25, 0.3) is 5.92 Å². The highest BCUT2D eigenvalue weighted by atomic mass is 19.3. The van der Waals surface area contributed by atoms with E-state index < -0.39 is 5.92 Å². The summed E-state index contributed by atoms with van der Waals surface area (Å²) >= 11 is 0. The van der Waals surface area contributed by atoms with Crippen LogP contribution in [0.15, 0.2) is 170 Å². The van der Waals surface area contributed by atoms with Crippen LogP contribution in [0.1, 0.15) is 11.1 Å². The van der Waals surface area contributed by atoms with Crippen molar-refractivity contribution in [1.29, 1.82) is 0 Å². The van der Waals surface area contributed by atoms with Gasteiger partial charge in [0.05, 0.1) is 22.8 Å². The number of halogens is 2. The molecule has 1 aliphatic carbocycles. The molecule has 0 fully saturated rings. The highest BCUT2D eigenvalue weighted by Crippen LogP contribution is 2.52. The molecule has 6 aromatic carbocycles. The average Bonchev–Trinajstić information content (AvgIpc) is 3.43. The molecule has 0 spiro atoms. The molecular weight excluding hydrogens is 635 g/mol. The number of rotatable bonds is 6. The summed E-state index contributed by atoms with van der Waals surface area (Å²) in [6.07, 6.45) is 0. The second-order valence-corrected chi connectivity index (χ2v) is 12.5. The van der Waals surface area contributed by atoms with E-state index in [1.54, 1.807) is 24.3 Å². The van der Waals surface area contributed by atoms with Crippen LogP contribution in [0, 0.1) is 0 Å². The van der Waals surface area contributed by atoms with Gasteiger partial charge in [-0.25, -0.2) is 19.9 Å². The Morgan fingerprint density at radius 1 is 0.314 bits per heavy atom. The quantitative estimate of drug-likeness (QED) is 0.178. The van der Waals surface area contributed by atoms with Gasteiger partial charge in [0.2, 0.25) is 0 Å². The molecule has 0 N–H and O–H groups in total. The third-order valence-electron chi connectivity index (χ3n) is 9.25. The van der Waals surface area contributed by atoms with Crippen LogP contribution in [0.25, 0.3) is 78.9 Å². The molecule has 0 saturated carbocycles. The molecule has 242 valence electrons. The summed E-state index contributed by atoms with van der Waals surface area (Å²) in [5, 5.41) is 0. The molecule has 6 heteroatoms. The van der Waals surface area contributed by atoms with Crippen molar-refractivity contribution >= 4 is 0 Å². The number of fused-ring (bicyclic) bond motifs is 3. The Bertz CT molecular complexity index is 2250. The molecule has 51 heavy (non-hydrogen) atoms. The van der Waals surface area contributed by atoms with Gasteiger partial charge in [-0.3, -0.25) is 0 Å². The summed E-state index contributed by atoms with van der Waals surface area (Å²) in [5.74, 6) is -2.35. The second-order valence-electron chi connectivity index (χ2n) is 12.5. The lowest BCUT2D eigenvalue weighted by Crippen LogP contribution is -2.11. The van der Waals surface area contributed by atoms with Gasteiger partial charge in [-0.15, -0.1) is 0 Å². The highest BCUT2D eigenvalue weighted by Gasteiger charge is 2.45. The maximum atomic E-state index is 16.6. The molecular formula is C45H28F2N4. The van der Waals surface area contributed by atoms with Crippen LogP contribution in [-0.4, -0.2) is 19.9 Å². The summed E-state index contributed by atoms with van der Waals surface area (Å²) in [5.41, 5.74) is 8.28. The van der Waals surface area contributed by atoms with E-state index >= 15 is 8.78 Å². The Morgan fingerprint density at radius 2 is 0.647 bits per heavy atom. The molecule has 0 radical (unpaired) electrons. The highest BCUT2D eigenvalue weighted by molar-refractivity contribution is 5.85. The van der Waals surface area contributed by atoms with Crippen molar-refractivity contribution in [3.8, 4) is 78.9 Å². The van der Waals surface area contributed by atoms with Crippen LogP contribution in [0.3, 0.4) is 0 Å². The lowest BCUT2D eigenvalue weighted by molar-refractivity contribution is 0.0481. The third kappa shape index (κ3) is 5.57. The van der Waals surface area contributed by atoms with E-state index in [9.17, 15) is 0 Å². The van der Waals surface area contributed by atoms with Crippen molar-refractivity contribution in [2.75, 3.05) is 0 Å². The zero-order valence-corrected chi connectivity index (χ0v) is 27.2. The predicted octanol–water partition coefficient (Wildman–Crippen LogP) is 11.4. The van der Waals surface area contributed by atoms with E-state index in [0.29, 0.717) is 56.7 Å². The first-order valence-electron chi connectivity index (χ1n) is 16.7. The minimum atomic E-state index is -3.26. The Balaban J connectivity index is 1.14. The fourth-order valence-electron chi connectivity index (χ4n) is 6.68. The topological polar surface area (TPSA) is 51.6 Å². The summed E-state index contributed by atoms with van der Waals surface area (Å²) < 4.78 is 33.2. The molecule has 0 amide bonds. The fraction of sp³-hybridized carbons (Fsp3) is 0.0222. The van der Waals surface area contributed by atoms with Gasteiger partial charge in [-0.05, 0) is 35.4 Å². The largest absolute Gasteiger partial charge is 0.299 e. The first-order chi connectivity index (χ1) is 25.0. The number of nitrogens with zero attached hydrogens (tertiary/aromatic N) is 4. The van der Waals surface area contributed by atoms with E-state index in [-0.39, 0.29) is 11.1 Å². The summed E-state index contributed by atoms with van der Waals surface area (Å²) in [6, 6.07) is 53.3. The van der Waals surface area contributed by atoms with Crippen molar-refractivity contribution in [2.24, 2.45) is 0 Å². The van der Waals surface area contributed by atoms with Crippen molar-refractivity contribution < 1.29 is 8.78 Å². The Hall–Kier alpha value is -6.66. The van der Waals surface area contributed by atoms with Gasteiger partial charge in [-0.1, -0.05) is 146 Å². The molecule has 4 nitrogen and oxygen atoms in total. The van der Waals surface area contributed by atoms with Crippen molar-refractivity contribution in [2.45, 2.75) is 5.92 Å². The van der Waals surface area contributed by atoms with Crippen LogP contribution in [0.4, 0.5) is 8.78 Å². The first-order valence-corrected chi connectivity index (χ1v) is 16.7. The van der Waals surface area contributed by atoms with Crippen LogP contribution < -0.4 is 0 Å². The lowest BCUT2D eigenvalue weighted by atomic mass is 10.00. The SMILES string of the molecule is FC1(F)c2cc(-c3cc(-c4ccccc4)nc(-c4ccccc4)n3)ccc2-c2ccc(-c3nc(-c4ccccc4)cc(-c4ccccc4)n3)cc21. The maximum Gasteiger partial charge on any atom is 0.299 e. The zero-order chi connectivity index (χ0) is 34.4. The molecule has 1 aliphatic rings. The predicted molar refractivity (Wildman–Crippen MR) is 199 cm³/mol. The molecule has 2 heterocycles. The minimum Gasteiger partial charge on any atom is -0.228 e. The van der Waals surface area contributed by atoms with Crippen molar-refractivity contribution in [1.82, 2.24) is 19.9 Å². The number of benzene rings is 6. The fourth-order valence-corrected chi connectivity index (χ4v) is 6.68. The van der Waals surface area contributed by atoms with Crippen LogP contribution in [0.2, 0.25) is 0 Å². The van der Waals surface area contributed by atoms with Crippen LogP contribution in [0.5, 0.6) is 0 Å². The van der Waals surface area contributed by atoms with Crippen molar-refractivity contribution in [3.05, 3.63) is 181 Å². The Morgan fingerprint density at radius 3 is 1.08 bits per heavy atom. The summed E-state index contributed by atoms with van der Waals surface area (Å²) in [6.45, 7) is 0. The molecule has 0 saturated heterocycles. The van der Waals surface area contributed by atoms with E-state index in [0.717, 1.165) is 22.3 Å². The van der Waals surface area contributed by atoms with Gasteiger partial charge in [0.15, 0.2) is 11.6 Å². The molecule has 8 aromatic rings. The van der Waals surface area contributed by atoms with Gasteiger partial charge >= 0.3 is 0 Å². The standard InChI is InChI=1S/C45H28F2N4/c46-45(47)37-25-33(42-28-41(31-17-9-3-10-18-31)48-43(51-42)32-19-11-4-12-20-32)21-23-35(37)36-24-22-34(26-38(36)45)44-49-39(29-13-5-1-6-14-29)27-40(50-44)30-15-7-2-8-16-30/h1-28H. The zero-order valence-electron chi connectivity index (χ0n) is 27.2. The maximum absolute atomic E-state index is 16.6. The average molecular weight is 663 g/mol. The van der Waals surface area contributed by atoms with E-state index in [1.807, 2.05) is 146 Å². The Labute approximate surface area is 293 Å². The van der Waals surface area contributed by atoms with Crippen LogP contribution >= 0.6 is 0 Å². The monoisotopic (exact) mass is 662 g/mol. The van der Waals surface area contributed by atoms with Crippen molar-refractivity contribution in [3.63, 3.8) is 0 Å².